The van der Waals surface area contributed by atoms with Gasteiger partial charge in [0.05, 0.1) is 18.2 Å². The van der Waals surface area contributed by atoms with E-state index in [2.05, 4.69) is 25.0 Å². The molecular weight excluding hydrogens is 250 g/mol. The first-order valence-corrected chi connectivity index (χ1v) is 7.30. The van der Waals surface area contributed by atoms with Crippen LogP contribution in [0.1, 0.15) is 37.3 Å². The van der Waals surface area contributed by atoms with Crippen LogP contribution in [-0.4, -0.2) is 23.2 Å². The SMILES string of the molecule is CCCC1=NN(Cc2ccccc2C)C(=O)C1CCN. The van der Waals surface area contributed by atoms with Crippen LogP contribution in [0.15, 0.2) is 29.4 Å². The maximum Gasteiger partial charge on any atom is 0.251 e. The molecule has 1 heterocycles. The zero-order valence-corrected chi connectivity index (χ0v) is 12.3. The third-order valence-electron chi connectivity index (χ3n) is 3.75. The molecule has 1 aromatic rings. The predicted molar refractivity (Wildman–Crippen MR) is 81.2 cm³/mol. The van der Waals surface area contributed by atoms with E-state index in [1.165, 1.54) is 5.56 Å². The van der Waals surface area contributed by atoms with Gasteiger partial charge in [-0.1, -0.05) is 37.6 Å². The summed E-state index contributed by atoms with van der Waals surface area (Å²) in [6.45, 7) is 5.25. The summed E-state index contributed by atoms with van der Waals surface area (Å²) in [5.74, 6) is -0.00822. The summed E-state index contributed by atoms with van der Waals surface area (Å²) >= 11 is 0. The lowest BCUT2D eigenvalue weighted by Crippen LogP contribution is -2.29. The number of carbonyl (C=O) groups is 1. The number of benzene rings is 1. The molecule has 0 saturated heterocycles. The number of hydrogen-bond donors (Lipinski definition) is 1. The summed E-state index contributed by atoms with van der Waals surface area (Å²) < 4.78 is 0. The zero-order chi connectivity index (χ0) is 14.5. The largest absolute Gasteiger partial charge is 0.330 e. The summed E-state index contributed by atoms with van der Waals surface area (Å²) in [6.07, 6.45) is 2.58. The molecule has 2 N–H and O–H groups in total. The van der Waals surface area contributed by atoms with Crippen molar-refractivity contribution < 1.29 is 4.79 Å². The average Bonchev–Trinajstić information content (AvgIpc) is 2.71. The number of hydrogen-bond acceptors (Lipinski definition) is 3. The van der Waals surface area contributed by atoms with E-state index >= 15 is 0 Å². The molecule has 0 spiro atoms. The van der Waals surface area contributed by atoms with Gasteiger partial charge in [-0.15, -0.1) is 0 Å². The molecule has 0 bridgehead atoms. The van der Waals surface area contributed by atoms with Gasteiger partial charge in [-0.05, 0) is 37.4 Å². The van der Waals surface area contributed by atoms with Gasteiger partial charge in [0.2, 0.25) is 0 Å². The first-order chi connectivity index (χ1) is 9.67. The third kappa shape index (κ3) is 3.07. The maximum absolute atomic E-state index is 12.5. The van der Waals surface area contributed by atoms with Crippen molar-refractivity contribution in [1.82, 2.24) is 5.01 Å². The van der Waals surface area contributed by atoms with Gasteiger partial charge >= 0.3 is 0 Å². The monoisotopic (exact) mass is 273 g/mol. The van der Waals surface area contributed by atoms with Gasteiger partial charge in [0, 0.05) is 0 Å². The van der Waals surface area contributed by atoms with Crippen molar-refractivity contribution in [2.45, 2.75) is 39.7 Å². The minimum atomic E-state index is -0.107. The van der Waals surface area contributed by atoms with Gasteiger partial charge in [-0.2, -0.15) is 5.10 Å². The van der Waals surface area contributed by atoms with Crippen LogP contribution in [0.3, 0.4) is 0 Å². The van der Waals surface area contributed by atoms with Gasteiger partial charge in [0.1, 0.15) is 0 Å². The van der Waals surface area contributed by atoms with Crippen LogP contribution in [0.2, 0.25) is 0 Å². The Morgan fingerprint density at radius 3 is 2.75 bits per heavy atom. The smallest absolute Gasteiger partial charge is 0.251 e. The van der Waals surface area contributed by atoms with Crippen LogP contribution in [0, 0.1) is 12.8 Å². The Morgan fingerprint density at radius 2 is 2.10 bits per heavy atom. The minimum absolute atomic E-state index is 0.0992. The van der Waals surface area contributed by atoms with E-state index in [0.29, 0.717) is 19.5 Å². The van der Waals surface area contributed by atoms with E-state index in [-0.39, 0.29) is 11.8 Å². The van der Waals surface area contributed by atoms with Crippen molar-refractivity contribution in [2.75, 3.05) is 6.54 Å². The van der Waals surface area contributed by atoms with E-state index in [4.69, 9.17) is 5.73 Å². The first kappa shape index (κ1) is 14.7. The van der Waals surface area contributed by atoms with E-state index in [1.54, 1.807) is 5.01 Å². The Hall–Kier alpha value is -1.68. The lowest BCUT2D eigenvalue weighted by molar-refractivity contribution is -0.132. The number of hydrazone groups is 1. The van der Waals surface area contributed by atoms with Gasteiger partial charge in [-0.3, -0.25) is 4.79 Å². The van der Waals surface area contributed by atoms with E-state index in [0.717, 1.165) is 24.1 Å². The number of rotatable bonds is 6. The molecule has 0 aliphatic carbocycles. The fourth-order valence-electron chi connectivity index (χ4n) is 2.60. The highest BCUT2D eigenvalue weighted by atomic mass is 16.2. The van der Waals surface area contributed by atoms with E-state index < -0.39 is 0 Å². The van der Waals surface area contributed by atoms with Crippen molar-refractivity contribution in [1.29, 1.82) is 0 Å². The number of nitrogens with two attached hydrogens (primary N) is 1. The van der Waals surface area contributed by atoms with Crippen molar-refractivity contribution in [3.05, 3.63) is 35.4 Å². The summed E-state index contributed by atoms with van der Waals surface area (Å²) in [7, 11) is 0. The molecule has 108 valence electrons. The lowest BCUT2D eigenvalue weighted by Gasteiger charge is -2.15. The number of nitrogens with zero attached hydrogens (tertiary/aromatic N) is 2. The molecule has 0 fully saturated rings. The molecule has 20 heavy (non-hydrogen) atoms. The fourth-order valence-corrected chi connectivity index (χ4v) is 2.60. The summed E-state index contributed by atoms with van der Waals surface area (Å²) in [6, 6.07) is 8.11. The lowest BCUT2D eigenvalue weighted by atomic mass is 9.96. The Bertz CT molecular complexity index is 510. The van der Waals surface area contributed by atoms with Crippen molar-refractivity contribution >= 4 is 11.6 Å². The van der Waals surface area contributed by atoms with Crippen LogP contribution in [0.5, 0.6) is 0 Å². The highest BCUT2D eigenvalue weighted by Gasteiger charge is 2.34. The molecule has 1 aromatic carbocycles. The van der Waals surface area contributed by atoms with Crippen molar-refractivity contribution in [2.24, 2.45) is 16.8 Å². The second-order valence-electron chi connectivity index (χ2n) is 5.29. The topological polar surface area (TPSA) is 58.7 Å². The number of amides is 1. The molecule has 1 atom stereocenters. The third-order valence-corrected chi connectivity index (χ3v) is 3.75. The van der Waals surface area contributed by atoms with Crippen LogP contribution >= 0.6 is 0 Å². The average molecular weight is 273 g/mol. The summed E-state index contributed by atoms with van der Waals surface area (Å²) in [4.78, 5) is 12.5. The Labute approximate surface area is 120 Å². The van der Waals surface area contributed by atoms with Gasteiger partial charge in [0.25, 0.3) is 5.91 Å². The molecule has 1 unspecified atom stereocenters. The highest BCUT2D eigenvalue weighted by Crippen LogP contribution is 2.24. The van der Waals surface area contributed by atoms with E-state index in [9.17, 15) is 4.79 Å². The Balaban J connectivity index is 2.16. The Morgan fingerprint density at radius 1 is 1.35 bits per heavy atom. The zero-order valence-electron chi connectivity index (χ0n) is 12.3. The molecule has 0 saturated carbocycles. The maximum atomic E-state index is 12.5. The molecule has 4 nitrogen and oxygen atoms in total. The van der Waals surface area contributed by atoms with Crippen LogP contribution in [0.4, 0.5) is 0 Å². The van der Waals surface area contributed by atoms with Crippen LogP contribution in [-0.2, 0) is 11.3 Å². The van der Waals surface area contributed by atoms with E-state index in [1.807, 2.05) is 18.2 Å². The second-order valence-corrected chi connectivity index (χ2v) is 5.29. The number of aryl methyl sites for hydroxylation is 1. The second kappa shape index (κ2) is 6.66. The molecule has 1 aliphatic rings. The summed E-state index contributed by atoms with van der Waals surface area (Å²) in [5.41, 5.74) is 8.96. The molecule has 0 aromatic heterocycles. The summed E-state index contributed by atoms with van der Waals surface area (Å²) in [5, 5.41) is 6.16. The quantitative estimate of drug-likeness (QED) is 0.865. The van der Waals surface area contributed by atoms with Crippen LogP contribution in [0.25, 0.3) is 0 Å². The molecule has 4 heteroatoms. The minimum Gasteiger partial charge on any atom is -0.330 e. The Kier molecular flexibility index (Phi) is 4.90. The molecule has 2 rings (SSSR count). The number of carbonyl (C=O) groups excluding carboxylic acids is 1. The molecule has 0 radical (unpaired) electrons. The van der Waals surface area contributed by atoms with Gasteiger partial charge in [0.15, 0.2) is 0 Å². The fraction of sp³-hybridized carbons (Fsp3) is 0.500. The van der Waals surface area contributed by atoms with Crippen molar-refractivity contribution in [3.8, 4) is 0 Å². The standard InChI is InChI=1S/C16H23N3O/c1-3-6-15-14(9-10-17)16(20)19(18-15)11-13-8-5-4-7-12(13)2/h4-5,7-8,14H,3,6,9-11,17H2,1-2H3. The molecular formula is C16H23N3O. The molecule has 1 amide bonds. The first-order valence-electron chi connectivity index (χ1n) is 7.30. The van der Waals surface area contributed by atoms with Gasteiger partial charge < -0.3 is 5.73 Å². The predicted octanol–water partition coefficient (Wildman–Crippen LogP) is 2.46. The normalized spacial score (nSPS) is 18.6. The highest BCUT2D eigenvalue weighted by molar-refractivity contribution is 6.07. The van der Waals surface area contributed by atoms with Gasteiger partial charge in [-0.25, -0.2) is 5.01 Å². The molecule has 1 aliphatic heterocycles. The van der Waals surface area contributed by atoms with Crippen LogP contribution < -0.4 is 5.73 Å². The van der Waals surface area contributed by atoms with Crippen molar-refractivity contribution in [3.63, 3.8) is 0 Å².